The van der Waals surface area contributed by atoms with Crippen LogP contribution in [-0.2, 0) is 0 Å². The van der Waals surface area contributed by atoms with E-state index in [-0.39, 0.29) is 17.8 Å². The molecule has 72 valence electrons. The Labute approximate surface area is 83.3 Å². The highest BCUT2D eigenvalue weighted by molar-refractivity contribution is 5.49. The third-order valence-electron chi connectivity index (χ3n) is 1.09. The van der Waals surface area contributed by atoms with Crippen LogP contribution in [0, 0.1) is 22.3 Å². The van der Waals surface area contributed by atoms with Crippen molar-refractivity contribution in [3.63, 3.8) is 0 Å². The highest BCUT2D eigenvalue weighted by atomic mass is 15.2. The summed E-state index contributed by atoms with van der Waals surface area (Å²) in [4.78, 5) is 17.6. The molecular weight excluding hydrogens is 198 g/mol. The topological polar surface area (TPSA) is 147 Å². The fourth-order valence-corrected chi connectivity index (χ4v) is 0.660. The van der Waals surface area contributed by atoms with Crippen molar-refractivity contribution in [2.45, 2.75) is 0 Å². The van der Waals surface area contributed by atoms with E-state index in [1.165, 1.54) is 0 Å². The van der Waals surface area contributed by atoms with Gasteiger partial charge in [0.1, 0.15) is 0 Å². The molecule has 3 N–H and O–H groups in total. The van der Waals surface area contributed by atoms with E-state index in [0.29, 0.717) is 0 Å². The van der Waals surface area contributed by atoms with Crippen LogP contribution in [0.25, 0.3) is 0 Å². The van der Waals surface area contributed by atoms with Gasteiger partial charge in [-0.15, -0.1) is 9.98 Å². The van der Waals surface area contributed by atoms with Gasteiger partial charge in [0.15, 0.2) is 6.19 Å². The Kier molecular flexibility index (Phi) is 3.34. The number of hydrogen-bond acceptors (Lipinski definition) is 9. The molecule has 0 spiro atoms. The number of aliphatic imine (C=N–C) groups is 2. The monoisotopic (exact) mass is 201 g/mol. The number of anilines is 1. The van der Waals surface area contributed by atoms with Crippen LogP contribution in [0.2, 0.25) is 0 Å². The summed E-state index contributed by atoms with van der Waals surface area (Å²) >= 11 is 0. The molecule has 0 aliphatic rings. The van der Waals surface area contributed by atoms with Crippen molar-refractivity contribution in [1.29, 1.82) is 16.1 Å². The molecule has 0 unspecified atom stereocenters. The van der Waals surface area contributed by atoms with E-state index in [1.807, 2.05) is 0 Å². The molecule has 0 atom stereocenters. The lowest BCUT2D eigenvalue weighted by molar-refractivity contribution is 1.03. The molecular formula is C6H3N9. The van der Waals surface area contributed by atoms with Crippen molar-refractivity contribution < 1.29 is 0 Å². The van der Waals surface area contributed by atoms with Crippen LogP contribution in [0.3, 0.4) is 0 Å². The summed E-state index contributed by atoms with van der Waals surface area (Å²) in [6, 6.07) is 3.45. The number of aromatic nitrogens is 3. The zero-order chi connectivity index (χ0) is 11.1. The van der Waals surface area contributed by atoms with Crippen molar-refractivity contribution in [1.82, 2.24) is 15.0 Å². The van der Waals surface area contributed by atoms with Gasteiger partial charge >= 0.3 is 0 Å². The molecule has 0 fully saturated rings. The zero-order valence-electron chi connectivity index (χ0n) is 7.18. The van der Waals surface area contributed by atoms with E-state index >= 15 is 0 Å². The quantitative estimate of drug-likeness (QED) is 0.370. The lowest BCUT2D eigenvalue weighted by atomic mass is 10.8. The summed E-state index contributed by atoms with van der Waals surface area (Å²) in [5, 5.41) is 23.7. The minimum Gasteiger partial charge on any atom is -0.260 e. The van der Waals surface area contributed by atoms with Gasteiger partial charge < -0.3 is 0 Å². The van der Waals surface area contributed by atoms with Gasteiger partial charge in [0.25, 0.3) is 11.9 Å². The first-order chi connectivity index (χ1) is 7.30. The molecule has 0 saturated heterocycles. The molecule has 1 aromatic heterocycles. The molecule has 0 saturated carbocycles. The second-order valence-electron chi connectivity index (χ2n) is 1.94. The minimum atomic E-state index is -0.133. The van der Waals surface area contributed by atoms with Crippen molar-refractivity contribution in [3.05, 3.63) is 0 Å². The predicted molar refractivity (Wildman–Crippen MR) is 48.7 cm³/mol. The fraction of sp³-hybridized carbons (Fsp3) is 0. The van der Waals surface area contributed by atoms with Gasteiger partial charge in [0.2, 0.25) is 5.95 Å². The summed E-state index contributed by atoms with van der Waals surface area (Å²) in [6.07, 6.45) is 1.60. The highest BCUT2D eigenvalue weighted by Crippen LogP contribution is 2.12. The summed E-state index contributed by atoms with van der Waals surface area (Å²) < 4.78 is 0. The van der Waals surface area contributed by atoms with Gasteiger partial charge in [-0.25, -0.2) is 10.8 Å². The molecule has 0 amide bonds. The van der Waals surface area contributed by atoms with Crippen molar-refractivity contribution in [2.75, 3.05) is 5.32 Å². The number of hydrogen-bond donors (Lipinski definition) is 3. The first-order valence-electron chi connectivity index (χ1n) is 3.46. The Bertz CT molecular complexity index is 464. The van der Waals surface area contributed by atoms with Crippen LogP contribution >= 0.6 is 0 Å². The van der Waals surface area contributed by atoms with E-state index in [4.69, 9.17) is 16.1 Å². The minimum absolute atomic E-state index is 0.0736. The van der Waals surface area contributed by atoms with Crippen LogP contribution in [-0.4, -0.2) is 27.0 Å². The number of nitrogens with zero attached hydrogens (tertiary/aromatic N) is 6. The first-order valence-corrected chi connectivity index (χ1v) is 3.46. The van der Waals surface area contributed by atoms with Crippen LogP contribution < -0.4 is 5.32 Å². The normalized spacial score (nSPS) is 7.93. The summed E-state index contributed by atoms with van der Waals surface area (Å²) in [6.45, 7) is 0. The third-order valence-corrected chi connectivity index (χ3v) is 1.09. The first kappa shape index (κ1) is 10.1. The molecule has 1 heterocycles. The second kappa shape index (κ2) is 4.94. The Morgan fingerprint density at radius 1 is 1.07 bits per heavy atom. The molecule has 0 aliphatic heterocycles. The summed E-state index contributed by atoms with van der Waals surface area (Å²) in [7, 11) is 0. The second-order valence-corrected chi connectivity index (χ2v) is 1.94. The average Bonchev–Trinajstić information content (AvgIpc) is 2.19. The van der Waals surface area contributed by atoms with Crippen LogP contribution in [0.4, 0.5) is 17.8 Å². The SMILES string of the molecule is N#CNc1nc(N=C=N)nc(N=C=N)n1. The number of rotatable bonds is 3. The third kappa shape index (κ3) is 2.78. The Morgan fingerprint density at radius 2 is 1.60 bits per heavy atom. The van der Waals surface area contributed by atoms with Gasteiger partial charge in [0, 0.05) is 0 Å². The Hall–Kier alpha value is -2.94. The number of nitrogens with one attached hydrogen (secondary N) is 3. The largest absolute Gasteiger partial charge is 0.265 e. The highest BCUT2D eigenvalue weighted by Gasteiger charge is 2.03. The van der Waals surface area contributed by atoms with Gasteiger partial charge in [-0.05, 0) is 0 Å². The standard InChI is InChI=1S/C6H3N9/c7-1-10-4-13-5(11-2-8)15-6(14-4)12-3-9/h7-8H,(H,12,13,14,15). The van der Waals surface area contributed by atoms with Gasteiger partial charge in [-0.2, -0.15) is 20.2 Å². The average molecular weight is 201 g/mol. The molecule has 1 aromatic rings. The van der Waals surface area contributed by atoms with Gasteiger partial charge in [0.05, 0.1) is 12.0 Å². The lowest BCUT2D eigenvalue weighted by Gasteiger charge is -1.96. The molecule has 0 bridgehead atoms. The van der Waals surface area contributed by atoms with Gasteiger partial charge in [-0.1, -0.05) is 0 Å². The van der Waals surface area contributed by atoms with Crippen LogP contribution in [0.1, 0.15) is 0 Å². The molecule has 9 heteroatoms. The van der Waals surface area contributed by atoms with E-state index in [9.17, 15) is 0 Å². The Balaban J connectivity index is 3.25. The maximum Gasteiger partial charge on any atom is 0.265 e. The molecule has 0 aliphatic carbocycles. The molecule has 0 aromatic carbocycles. The smallest absolute Gasteiger partial charge is 0.260 e. The molecule has 15 heavy (non-hydrogen) atoms. The van der Waals surface area contributed by atoms with Gasteiger partial charge in [-0.3, -0.25) is 5.32 Å². The van der Waals surface area contributed by atoms with E-state index in [0.717, 1.165) is 0 Å². The maximum atomic E-state index is 8.33. The summed E-state index contributed by atoms with van der Waals surface area (Å²) in [5.41, 5.74) is 0. The van der Waals surface area contributed by atoms with Crippen LogP contribution in [0.15, 0.2) is 9.98 Å². The van der Waals surface area contributed by atoms with Crippen LogP contribution in [0.5, 0.6) is 0 Å². The summed E-state index contributed by atoms with van der Waals surface area (Å²) in [5.74, 6) is -0.339. The van der Waals surface area contributed by atoms with Crippen molar-refractivity contribution >= 4 is 29.9 Å². The van der Waals surface area contributed by atoms with Crippen molar-refractivity contribution in [3.8, 4) is 6.19 Å². The van der Waals surface area contributed by atoms with E-state index < -0.39 is 0 Å². The number of nitriles is 1. The zero-order valence-corrected chi connectivity index (χ0v) is 7.18. The molecule has 0 radical (unpaired) electrons. The molecule has 1 rings (SSSR count). The fourth-order valence-electron chi connectivity index (χ4n) is 0.660. The van der Waals surface area contributed by atoms with E-state index in [2.05, 4.69) is 30.3 Å². The molecule has 9 nitrogen and oxygen atoms in total. The van der Waals surface area contributed by atoms with E-state index in [1.54, 1.807) is 18.2 Å². The van der Waals surface area contributed by atoms with Crippen molar-refractivity contribution in [2.24, 2.45) is 9.98 Å². The lowest BCUT2D eigenvalue weighted by Crippen LogP contribution is -1.97. The Morgan fingerprint density at radius 3 is 2.00 bits per heavy atom. The predicted octanol–water partition coefficient (Wildman–Crippen LogP) is 0.533. The maximum absolute atomic E-state index is 8.33.